The van der Waals surface area contributed by atoms with Crippen molar-refractivity contribution < 1.29 is 14.3 Å². The summed E-state index contributed by atoms with van der Waals surface area (Å²) in [5, 5.41) is 5.14. The Hall–Kier alpha value is -2.05. The van der Waals surface area contributed by atoms with Crippen LogP contribution in [0.1, 0.15) is 29.0 Å². The molecule has 0 fully saturated rings. The summed E-state index contributed by atoms with van der Waals surface area (Å²) in [7, 11) is 0. The maximum Gasteiger partial charge on any atom is 0.234 e. The topological polar surface area (TPSA) is 50.8 Å². The zero-order valence-corrected chi connectivity index (χ0v) is 14.4. The average molecular weight is 344 g/mol. The van der Waals surface area contributed by atoms with Crippen LogP contribution in [-0.2, 0) is 17.8 Å². The Morgan fingerprint density at radius 1 is 1.33 bits per heavy atom. The SMILES string of the molecule is C[C@H]1c2ccsc2CCN1CC(=O)NCc1ccc2c(c1)OCO2. The molecule has 0 bridgehead atoms. The van der Waals surface area contributed by atoms with Crippen molar-refractivity contribution in [2.45, 2.75) is 25.9 Å². The summed E-state index contributed by atoms with van der Waals surface area (Å²) in [6.45, 7) is 4.31. The minimum atomic E-state index is 0.0539. The summed E-state index contributed by atoms with van der Waals surface area (Å²) in [5.41, 5.74) is 2.38. The van der Waals surface area contributed by atoms with E-state index in [0.29, 0.717) is 19.1 Å². The molecule has 1 aromatic carbocycles. The monoisotopic (exact) mass is 344 g/mol. The van der Waals surface area contributed by atoms with Crippen LogP contribution < -0.4 is 14.8 Å². The summed E-state index contributed by atoms with van der Waals surface area (Å²) in [6, 6.07) is 8.24. The molecule has 0 aliphatic carbocycles. The maximum atomic E-state index is 12.3. The molecule has 0 saturated heterocycles. The first-order chi connectivity index (χ1) is 11.7. The van der Waals surface area contributed by atoms with E-state index >= 15 is 0 Å². The number of rotatable bonds is 4. The first-order valence-electron chi connectivity index (χ1n) is 8.16. The Labute approximate surface area is 145 Å². The highest BCUT2D eigenvalue weighted by Crippen LogP contribution is 2.33. The van der Waals surface area contributed by atoms with Crippen molar-refractivity contribution >= 4 is 17.2 Å². The largest absolute Gasteiger partial charge is 0.454 e. The average Bonchev–Trinajstić information content (AvgIpc) is 3.24. The van der Waals surface area contributed by atoms with Gasteiger partial charge in [0.1, 0.15) is 0 Å². The molecular weight excluding hydrogens is 324 g/mol. The molecule has 2 aliphatic heterocycles. The molecule has 3 heterocycles. The van der Waals surface area contributed by atoms with E-state index < -0.39 is 0 Å². The standard InChI is InChI=1S/C18H20N2O3S/c1-12-14-5-7-24-17(14)4-6-20(12)10-18(21)19-9-13-2-3-15-16(8-13)23-11-22-15/h2-3,5,7-8,12H,4,6,9-11H2,1H3,(H,19,21)/t12-/m0/s1. The number of thiophene rings is 1. The number of hydrogen-bond donors (Lipinski definition) is 1. The van der Waals surface area contributed by atoms with Crippen LogP contribution in [0.3, 0.4) is 0 Å². The van der Waals surface area contributed by atoms with Crippen molar-refractivity contribution in [1.29, 1.82) is 0 Å². The second-order valence-electron chi connectivity index (χ2n) is 6.16. The van der Waals surface area contributed by atoms with E-state index in [1.165, 1.54) is 10.4 Å². The van der Waals surface area contributed by atoms with Gasteiger partial charge in [0.15, 0.2) is 11.5 Å². The number of amides is 1. The zero-order valence-electron chi connectivity index (χ0n) is 13.6. The van der Waals surface area contributed by atoms with Gasteiger partial charge in [0, 0.05) is 24.0 Å². The van der Waals surface area contributed by atoms with Crippen LogP contribution >= 0.6 is 11.3 Å². The van der Waals surface area contributed by atoms with Crippen molar-refractivity contribution in [1.82, 2.24) is 10.2 Å². The van der Waals surface area contributed by atoms with Crippen LogP contribution in [-0.4, -0.2) is 30.7 Å². The fraction of sp³-hybridized carbons (Fsp3) is 0.389. The van der Waals surface area contributed by atoms with Gasteiger partial charge < -0.3 is 14.8 Å². The van der Waals surface area contributed by atoms with Crippen LogP contribution in [0.15, 0.2) is 29.6 Å². The van der Waals surface area contributed by atoms with Crippen LogP contribution in [0.25, 0.3) is 0 Å². The number of hydrogen-bond acceptors (Lipinski definition) is 5. The minimum absolute atomic E-state index is 0.0539. The summed E-state index contributed by atoms with van der Waals surface area (Å²) < 4.78 is 10.7. The second kappa shape index (κ2) is 6.45. The lowest BCUT2D eigenvalue weighted by Crippen LogP contribution is -2.41. The normalized spacial score (nSPS) is 19.1. The molecule has 5 nitrogen and oxygen atoms in total. The van der Waals surface area contributed by atoms with Gasteiger partial charge in [-0.15, -0.1) is 11.3 Å². The summed E-state index contributed by atoms with van der Waals surface area (Å²) in [5.74, 6) is 1.56. The molecule has 126 valence electrons. The van der Waals surface area contributed by atoms with Crippen molar-refractivity contribution in [3.8, 4) is 11.5 Å². The Balaban J connectivity index is 1.32. The summed E-state index contributed by atoms with van der Waals surface area (Å²) in [6.07, 6.45) is 1.03. The first kappa shape index (κ1) is 15.5. The molecule has 4 rings (SSSR count). The summed E-state index contributed by atoms with van der Waals surface area (Å²) in [4.78, 5) is 16.0. The highest BCUT2D eigenvalue weighted by atomic mass is 32.1. The van der Waals surface area contributed by atoms with Crippen LogP contribution in [0.5, 0.6) is 11.5 Å². The number of nitrogens with zero attached hydrogens (tertiary/aromatic N) is 1. The van der Waals surface area contributed by atoms with E-state index in [4.69, 9.17) is 9.47 Å². The van der Waals surface area contributed by atoms with Crippen molar-refractivity contribution in [2.24, 2.45) is 0 Å². The third-order valence-electron chi connectivity index (χ3n) is 4.68. The highest BCUT2D eigenvalue weighted by molar-refractivity contribution is 7.10. The van der Waals surface area contributed by atoms with Gasteiger partial charge in [-0.05, 0) is 48.1 Å². The molecule has 24 heavy (non-hydrogen) atoms. The lowest BCUT2D eigenvalue weighted by Gasteiger charge is -2.32. The molecule has 1 N–H and O–H groups in total. The molecule has 6 heteroatoms. The lowest BCUT2D eigenvalue weighted by atomic mass is 10.0. The molecule has 2 aliphatic rings. The molecule has 1 aromatic heterocycles. The fourth-order valence-corrected chi connectivity index (χ4v) is 4.23. The van der Waals surface area contributed by atoms with Crippen molar-refractivity contribution in [3.05, 3.63) is 45.6 Å². The van der Waals surface area contributed by atoms with E-state index in [1.54, 1.807) is 0 Å². The van der Waals surface area contributed by atoms with Gasteiger partial charge in [-0.2, -0.15) is 0 Å². The van der Waals surface area contributed by atoms with E-state index in [1.807, 2.05) is 29.5 Å². The van der Waals surface area contributed by atoms with Gasteiger partial charge in [-0.1, -0.05) is 6.07 Å². The van der Waals surface area contributed by atoms with E-state index in [-0.39, 0.29) is 12.7 Å². The quantitative estimate of drug-likeness (QED) is 0.927. The Morgan fingerprint density at radius 2 is 2.21 bits per heavy atom. The number of nitrogens with one attached hydrogen (secondary N) is 1. The molecule has 0 saturated carbocycles. The molecular formula is C18H20N2O3S. The molecule has 0 unspecified atom stereocenters. The van der Waals surface area contributed by atoms with Gasteiger partial charge in [0.25, 0.3) is 0 Å². The van der Waals surface area contributed by atoms with Crippen LogP contribution in [0.4, 0.5) is 0 Å². The van der Waals surface area contributed by atoms with E-state index in [9.17, 15) is 4.79 Å². The predicted molar refractivity (Wildman–Crippen MR) is 92.4 cm³/mol. The van der Waals surface area contributed by atoms with Gasteiger partial charge >= 0.3 is 0 Å². The van der Waals surface area contributed by atoms with Gasteiger partial charge in [-0.25, -0.2) is 0 Å². The second-order valence-corrected chi connectivity index (χ2v) is 7.16. The number of carbonyl (C=O) groups is 1. The molecule has 1 atom stereocenters. The molecule has 0 spiro atoms. The van der Waals surface area contributed by atoms with Gasteiger partial charge in [0.2, 0.25) is 12.7 Å². The zero-order chi connectivity index (χ0) is 16.5. The molecule has 2 aromatic rings. The third kappa shape index (κ3) is 2.99. The highest BCUT2D eigenvalue weighted by Gasteiger charge is 2.26. The number of benzene rings is 1. The predicted octanol–water partition coefficient (Wildman–Crippen LogP) is 2.71. The molecule has 1 amide bonds. The number of ether oxygens (including phenoxy) is 2. The van der Waals surface area contributed by atoms with Crippen LogP contribution in [0.2, 0.25) is 0 Å². The smallest absolute Gasteiger partial charge is 0.234 e. The minimum Gasteiger partial charge on any atom is -0.454 e. The van der Waals surface area contributed by atoms with Crippen LogP contribution in [0, 0.1) is 0 Å². The number of carbonyl (C=O) groups excluding carboxylic acids is 1. The maximum absolute atomic E-state index is 12.3. The molecule has 0 radical (unpaired) electrons. The Bertz CT molecular complexity index is 758. The fourth-order valence-electron chi connectivity index (χ4n) is 3.27. The first-order valence-corrected chi connectivity index (χ1v) is 9.04. The van der Waals surface area contributed by atoms with E-state index in [0.717, 1.165) is 30.0 Å². The van der Waals surface area contributed by atoms with Crippen molar-refractivity contribution in [3.63, 3.8) is 0 Å². The Kier molecular flexibility index (Phi) is 4.16. The van der Waals surface area contributed by atoms with Gasteiger partial charge in [0.05, 0.1) is 6.54 Å². The third-order valence-corrected chi connectivity index (χ3v) is 5.67. The van der Waals surface area contributed by atoms with E-state index in [2.05, 4.69) is 28.6 Å². The lowest BCUT2D eigenvalue weighted by molar-refractivity contribution is -0.123. The number of fused-ring (bicyclic) bond motifs is 2. The van der Waals surface area contributed by atoms with Gasteiger partial charge in [-0.3, -0.25) is 9.69 Å². The van der Waals surface area contributed by atoms with Crippen molar-refractivity contribution in [2.75, 3.05) is 19.9 Å². The Morgan fingerprint density at radius 3 is 3.12 bits per heavy atom. The summed E-state index contributed by atoms with van der Waals surface area (Å²) >= 11 is 1.82.